The van der Waals surface area contributed by atoms with E-state index in [0.29, 0.717) is 21.3 Å². The molecule has 0 atom stereocenters. The molecule has 12 heteroatoms. The molecule has 4 rings (SSSR count). The number of unbranched alkanes of at least 4 members (excludes halogenated alkanes) is 6. The topological polar surface area (TPSA) is 102 Å². The Morgan fingerprint density at radius 3 is 2.51 bits per heavy atom. The van der Waals surface area contributed by atoms with Crippen molar-refractivity contribution in [3.05, 3.63) is 36.0 Å². The predicted octanol–water partition coefficient (Wildman–Crippen LogP) is 6.97. The zero-order valence-corrected chi connectivity index (χ0v) is 21.2. The Kier molecular flexibility index (Phi) is 8.47. The van der Waals surface area contributed by atoms with Gasteiger partial charge in [0.25, 0.3) is 0 Å². The molecule has 0 unspecified atom stereocenters. The maximum atomic E-state index is 12.5. The lowest BCUT2D eigenvalue weighted by Crippen LogP contribution is -2.16. The number of aryl methyl sites for hydroxylation is 2. The van der Waals surface area contributed by atoms with Crippen LogP contribution in [0.15, 0.2) is 30.5 Å². The normalized spacial score (nSPS) is 11.9. The number of nitrogens with one attached hydrogen (secondary N) is 1. The zero-order chi connectivity index (χ0) is 26.4. The Labute approximate surface area is 215 Å². The Balaban J connectivity index is 1.32. The minimum Gasteiger partial charge on any atom is -0.481 e. The van der Waals surface area contributed by atoms with Gasteiger partial charge in [-0.1, -0.05) is 43.4 Å². The summed E-state index contributed by atoms with van der Waals surface area (Å²) in [6.07, 6.45) is 5.46. The van der Waals surface area contributed by atoms with Crippen molar-refractivity contribution in [1.29, 1.82) is 0 Å². The van der Waals surface area contributed by atoms with E-state index in [-0.39, 0.29) is 12.2 Å². The van der Waals surface area contributed by atoms with Crippen LogP contribution in [0, 0.1) is 0 Å². The molecule has 198 valence electrons. The molecule has 0 saturated heterocycles. The van der Waals surface area contributed by atoms with Gasteiger partial charge in [0.1, 0.15) is 11.3 Å². The van der Waals surface area contributed by atoms with E-state index in [4.69, 9.17) is 5.11 Å². The molecule has 1 aromatic carbocycles. The third-order valence-corrected chi connectivity index (χ3v) is 6.87. The molecule has 0 fully saturated rings. The monoisotopic (exact) mass is 535 g/mol. The highest BCUT2D eigenvalue weighted by molar-refractivity contribution is 7.22. The van der Waals surface area contributed by atoms with Crippen LogP contribution in [0.25, 0.3) is 21.4 Å². The van der Waals surface area contributed by atoms with E-state index in [1.54, 1.807) is 0 Å². The number of nitrogens with zero attached hydrogens (tertiary/aromatic N) is 4. The number of rotatable bonds is 13. The molecule has 0 saturated carbocycles. The van der Waals surface area contributed by atoms with Gasteiger partial charge in [-0.3, -0.25) is 9.36 Å². The van der Waals surface area contributed by atoms with Crippen LogP contribution >= 0.6 is 11.3 Å². The van der Waals surface area contributed by atoms with Gasteiger partial charge >= 0.3 is 12.3 Å². The summed E-state index contributed by atoms with van der Waals surface area (Å²) in [5.41, 5.74) is 3.13. The molecule has 0 bridgehead atoms. The van der Waals surface area contributed by atoms with Crippen molar-refractivity contribution in [3.8, 4) is 5.75 Å². The lowest BCUT2D eigenvalue weighted by molar-refractivity contribution is -0.274. The molecule has 0 aliphatic carbocycles. The lowest BCUT2D eigenvalue weighted by Gasteiger charge is -2.07. The minimum absolute atomic E-state index is 0.252. The van der Waals surface area contributed by atoms with Crippen LogP contribution in [0.5, 0.6) is 5.75 Å². The minimum atomic E-state index is -4.75. The largest absolute Gasteiger partial charge is 0.573 e. The number of carbonyl (C=O) groups is 1. The number of thiazole rings is 1. The number of aromatic nitrogens is 4. The van der Waals surface area contributed by atoms with Crippen LogP contribution < -0.4 is 10.1 Å². The molecule has 2 N–H and O–H groups in total. The van der Waals surface area contributed by atoms with E-state index in [1.807, 2.05) is 23.9 Å². The van der Waals surface area contributed by atoms with E-state index < -0.39 is 12.3 Å². The molecule has 0 radical (unpaired) electrons. The van der Waals surface area contributed by atoms with E-state index in [0.717, 1.165) is 68.1 Å². The number of carboxylic acid groups (broad SMARTS) is 1. The van der Waals surface area contributed by atoms with Gasteiger partial charge in [-0.15, -0.1) is 13.2 Å². The number of fused-ring (bicyclic) bond motifs is 2. The van der Waals surface area contributed by atoms with Crippen LogP contribution in [0.4, 0.5) is 24.3 Å². The maximum absolute atomic E-state index is 12.5. The van der Waals surface area contributed by atoms with Gasteiger partial charge in [-0.25, -0.2) is 15.0 Å². The Morgan fingerprint density at radius 2 is 1.78 bits per heavy atom. The predicted molar refractivity (Wildman–Crippen MR) is 136 cm³/mol. The quantitative estimate of drug-likeness (QED) is 0.178. The second-order valence-electron chi connectivity index (χ2n) is 8.87. The molecule has 37 heavy (non-hydrogen) atoms. The van der Waals surface area contributed by atoms with Gasteiger partial charge in [0, 0.05) is 25.7 Å². The summed E-state index contributed by atoms with van der Waals surface area (Å²) >= 11 is 1.21. The van der Waals surface area contributed by atoms with Crippen molar-refractivity contribution in [2.45, 2.75) is 64.1 Å². The fraction of sp³-hybridized carbons (Fsp3) is 0.440. The molecule has 0 spiro atoms. The first-order valence-corrected chi connectivity index (χ1v) is 13.0. The van der Waals surface area contributed by atoms with E-state index in [1.165, 1.54) is 29.5 Å². The first-order valence-electron chi connectivity index (χ1n) is 12.1. The molecule has 0 amide bonds. The van der Waals surface area contributed by atoms with Crippen molar-refractivity contribution < 1.29 is 27.8 Å². The number of hydrogen-bond donors (Lipinski definition) is 2. The molecule has 3 aromatic heterocycles. The standard InChI is InChI=1S/C25H28F3N5O3S/c1-33-22-19(13-16(15-29-22)9-7-5-3-2-4-6-8-10-21(34)35)30-23(33)32-24-31-18-12-11-17(14-20(18)37-24)36-25(26,27)28/h11-15H,2-10H2,1H3,(H,34,35)(H,30,31,32). The molecule has 3 heterocycles. The van der Waals surface area contributed by atoms with Crippen LogP contribution in [-0.2, 0) is 18.3 Å². The van der Waals surface area contributed by atoms with Gasteiger partial charge in [0.15, 0.2) is 10.8 Å². The van der Waals surface area contributed by atoms with Crippen molar-refractivity contribution >= 4 is 49.8 Å². The third kappa shape index (κ3) is 7.54. The first kappa shape index (κ1) is 26.6. The number of alkyl halides is 3. The Bertz CT molecular complexity index is 1370. The van der Waals surface area contributed by atoms with Crippen molar-refractivity contribution in [2.75, 3.05) is 5.32 Å². The number of benzene rings is 1. The summed E-state index contributed by atoms with van der Waals surface area (Å²) < 4.78 is 43.9. The second kappa shape index (κ2) is 11.8. The number of aliphatic carboxylic acids is 1. The first-order chi connectivity index (χ1) is 17.7. The van der Waals surface area contributed by atoms with Gasteiger partial charge in [0.2, 0.25) is 5.95 Å². The highest BCUT2D eigenvalue weighted by atomic mass is 32.1. The molecule has 8 nitrogen and oxygen atoms in total. The summed E-state index contributed by atoms with van der Waals surface area (Å²) in [4.78, 5) is 24.2. The maximum Gasteiger partial charge on any atom is 0.573 e. The van der Waals surface area contributed by atoms with Gasteiger partial charge in [0.05, 0.1) is 10.2 Å². The fourth-order valence-electron chi connectivity index (χ4n) is 4.11. The molecular formula is C25H28F3N5O3S. The number of anilines is 2. The summed E-state index contributed by atoms with van der Waals surface area (Å²) in [5, 5.41) is 12.3. The van der Waals surface area contributed by atoms with Gasteiger partial charge in [-0.2, -0.15) is 0 Å². The van der Waals surface area contributed by atoms with Crippen molar-refractivity contribution in [2.24, 2.45) is 7.05 Å². The second-order valence-corrected chi connectivity index (χ2v) is 9.90. The molecule has 0 aliphatic rings. The average molecular weight is 536 g/mol. The zero-order valence-electron chi connectivity index (χ0n) is 20.3. The molecule has 0 aliphatic heterocycles. The smallest absolute Gasteiger partial charge is 0.481 e. The van der Waals surface area contributed by atoms with E-state index >= 15 is 0 Å². The summed E-state index contributed by atoms with van der Waals surface area (Å²) in [6.45, 7) is 0. The fourth-order valence-corrected chi connectivity index (χ4v) is 4.99. The molecular weight excluding hydrogens is 507 g/mol. The average Bonchev–Trinajstić information content (AvgIpc) is 3.36. The third-order valence-electron chi connectivity index (χ3n) is 5.93. The highest BCUT2D eigenvalue weighted by Crippen LogP contribution is 2.33. The Hall–Kier alpha value is -3.41. The number of hydrogen-bond acceptors (Lipinski definition) is 7. The Morgan fingerprint density at radius 1 is 1.05 bits per heavy atom. The van der Waals surface area contributed by atoms with Crippen molar-refractivity contribution in [1.82, 2.24) is 19.5 Å². The number of pyridine rings is 1. The number of carboxylic acids is 1. The van der Waals surface area contributed by atoms with Gasteiger partial charge < -0.3 is 15.2 Å². The number of halogens is 3. The van der Waals surface area contributed by atoms with Crippen LogP contribution in [0.3, 0.4) is 0 Å². The van der Waals surface area contributed by atoms with E-state index in [9.17, 15) is 18.0 Å². The van der Waals surface area contributed by atoms with Crippen LogP contribution in [-0.4, -0.2) is 37.0 Å². The SMILES string of the molecule is Cn1c(Nc2nc3ccc(OC(F)(F)F)cc3s2)nc2cc(CCCCCCCCCC(=O)O)cnc21. The summed E-state index contributed by atoms with van der Waals surface area (Å²) in [5.74, 6) is -0.478. The summed E-state index contributed by atoms with van der Waals surface area (Å²) in [6, 6.07) is 6.06. The van der Waals surface area contributed by atoms with E-state index in [2.05, 4.69) is 25.0 Å². The van der Waals surface area contributed by atoms with Crippen LogP contribution in [0.2, 0.25) is 0 Å². The highest BCUT2D eigenvalue weighted by Gasteiger charge is 2.31. The van der Waals surface area contributed by atoms with Gasteiger partial charge in [-0.05, 0) is 43.0 Å². The lowest BCUT2D eigenvalue weighted by atomic mass is 10.0. The molecule has 4 aromatic rings. The van der Waals surface area contributed by atoms with Crippen LogP contribution in [0.1, 0.15) is 56.9 Å². The number of imidazole rings is 1. The van der Waals surface area contributed by atoms with Crippen molar-refractivity contribution in [3.63, 3.8) is 0 Å². The number of ether oxygens (including phenoxy) is 1. The summed E-state index contributed by atoms with van der Waals surface area (Å²) in [7, 11) is 1.84.